The summed E-state index contributed by atoms with van der Waals surface area (Å²) in [6.45, 7) is 1.22. The molecule has 0 radical (unpaired) electrons. The molecule has 0 aliphatic rings. The fourth-order valence-electron chi connectivity index (χ4n) is 1.21. The van der Waals surface area contributed by atoms with Crippen LogP contribution in [0, 0.1) is 0 Å². The SMILES string of the molecule is COc1ccc(Cl)cc1S(=O)(=O)NC(C)C(=O)O. The lowest BCUT2D eigenvalue weighted by atomic mass is 10.3. The zero-order valence-electron chi connectivity index (χ0n) is 9.68. The highest BCUT2D eigenvalue weighted by molar-refractivity contribution is 7.89. The number of halogens is 1. The highest BCUT2D eigenvalue weighted by Gasteiger charge is 2.24. The summed E-state index contributed by atoms with van der Waals surface area (Å²) in [7, 11) is -2.70. The second-order valence-electron chi connectivity index (χ2n) is 3.48. The number of benzene rings is 1. The van der Waals surface area contributed by atoms with Gasteiger partial charge in [0.25, 0.3) is 0 Å². The van der Waals surface area contributed by atoms with Crippen molar-refractivity contribution in [1.29, 1.82) is 0 Å². The lowest BCUT2D eigenvalue weighted by molar-refractivity contribution is -0.138. The molecule has 0 saturated heterocycles. The van der Waals surface area contributed by atoms with E-state index in [0.29, 0.717) is 0 Å². The van der Waals surface area contributed by atoms with Gasteiger partial charge in [0.05, 0.1) is 7.11 Å². The van der Waals surface area contributed by atoms with Crippen LogP contribution in [0.15, 0.2) is 23.1 Å². The van der Waals surface area contributed by atoms with Crippen LogP contribution in [-0.4, -0.2) is 32.6 Å². The Balaban J connectivity index is 3.19. The second kappa shape index (κ2) is 5.55. The first-order valence-electron chi connectivity index (χ1n) is 4.86. The molecule has 1 unspecified atom stereocenters. The summed E-state index contributed by atoms with van der Waals surface area (Å²) in [5.41, 5.74) is 0. The van der Waals surface area contributed by atoms with E-state index in [4.69, 9.17) is 21.4 Å². The lowest BCUT2D eigenvalue weighted by Crippen LogP contribution is -2.38. The first kappa shape index (κ1) is 14.7. The number of hydrogen-bond acceptors (Lipinski definition) is 4. The number of carboxylic acid groups (broad SMARTS) is 1. The quantitative estimate of drug-likeness (QED) is 0.848. The molecule has 0 spiro atoms. The van der Waals surface area contributed by atoms with E-state index in [0.717, 1.165) is 0 Å². The molecule has 1 aromatic carbocycles. The standard InChI is InChI=1S/C10H12ClNO5S/c1-6(10(13)14)12-18(15,16)9-5-7(11)3-4-8(9)17-2/h3-6,12H,1-2H3,(H,13,14). The Morgan fingerprint density at radius 3 is 2.61 bits per heavy atom. The molecule has 2 N–H and O–H groups in total. The highest BCUT2D eigenvalue weighted by atomic mass is 35.5. The third-order valence-corrected chi connectivity index (χ3v) is 3.91. The minimum atomic E-state index is -4.01. The molecular weight excluding hydrogens is 282 g/mol. The predicted octanol–water partition coefficient (Wildman–Crippen LogP) is 1.10. The number of carbonyl (C=O) groups is 1. The minimum absolute atomic E-state index is 0.0875. The number of aliphatic carboxylic acids is 1. The summed E-state index contributed by atoms with van der Waals surface area (Å²) in [5, 5.41) is 8.90. The van der Waals surface area contributed by atoms with Crippen LogP contribution in [0.5, 0.6) is 5.75 Å². The molecule has 0 aliphatic carbocycles. The van der Waals surface area contributed by atoms with Gasteiger partial charge in [0.1, 0.15) is 16.7 Å². The van der Waals surface area contributed by atoms with Crippen molar-refractivity contribution in [2.75, 3.05) is 7.11 Å². The van der Waals surface area contributed by atoms with Gasteiger partial charge in [-0.25, -0.2) is 8.42 Å². The van der Waals surface area contributed by atoms with Crippen LogP contribution in [0.25, 0.3) is 0 Å². The molecule has 1 rings (SSSR count). The number of rotatable bonds is 5. The summed E-state index contributed by atoms with van der Waals surface area (Å²) in [6, 6.07) is 2.80. The second-order valence-corrected chi connectivity index (χ2v) is 5.60. The van der Waals surface area contributed by atoms with Gasteiger partial charge in [-0.3, -0.25) is 4.79 Å². The topological polar surface area (TPSA) is 92.7 Å². The molecule has 0 aliphatic heterocycles. The van der Waals surface area contributed by atoms with Crippen LogP contribution in [-0.2, 0) is 14.8 Å². The van der Waals surface area contributed by atoms with E-state index in [1.165, 1.54) is 32.2 Å². The molecule has 0 saturated carbocycles. The molecule has 0 fully saturated rings. The van der Waals surface area contributed by atoms with Crippen molar-refractivity contribution in [3.8, 4) is 5.75 Å². The van der Waals surface area contributed by atoms with Gasteiger partial charge in [0.15, 0.2) is 0 Å². The normalized spacial score (nSPS) is 13.1. The highest BCUT2D eigenvalue weighted by Crippen LogP contribution is 2.26. The van der Waals surface area contributed by atoms with E-state index in [9.17, 15) is 13.2 Å². The number of methoxy groups -OCH3 is 1. The molecule has 1 atom stereocenters. The van der Waals surface area contributed by atoms with Gasteiger partial charge >= 0.3 is 5.97 Å². The van der Waals surface area contributed by atoms with Crippen molar-refractivity contribution in [1.82, 2.24) is 4.72 Å². The first-order chi connectivity index (χ1) is 8.27. The summed E-state index contributed by atoms with van der Waals surface area (Å²) in [5.74, 6) is -1.19. The van der Waals surface area contributed by atoms with Crippen LogP contribution in [0.4, 0.5) is 0 Å². The summed E-state index contributed by atoms with van der Waals surface area (Å²) >= 11 is 5.71. The van der Waals surface area contributed by atoms with Gasteiger partial charge < -0.3 is 9.84 Å². The van der Waals surface area contributed by atoms with E-state index in [1.807, 2.05) is 4.72 Å². The average Bonchev–Trinajstić information content (AvgIpc) is 2.28. The maximum atomic E-state index is 12.0. The Morgan fingerprint density at radius 2 is 2.11 bits per heavy atom. The first-order valence-corrected chi connectivity index (χ1v) is 6.72. The molecule has 0 heterocycles. The van der Waals surface area contributed by atoms with Crippen LogP contribution >= 0.6 is 11.6 Å². The Kier molecular flexibility index (Phi) is 4.55. The third kappa shape index (κ3) is 3.34. The van der Waals surface area contributed by atoms with Crippen molar-refractivity contribution in [2.45, 2.75) is 17.9 Å². The largest absolute Gasteiger partial charge is 0.495 e. The Hall–Kier alpha value is -1.31. The van der Waals surface area contributed by atoms with Crippen molar-refractivity contribution >= 4 is 27.6 Å². The van der Waals surface area contributed by atoms with Gasteiger partial charge in [0.2, 0.25) is 10.0 Å². The fraction of sp³-hybridized carbons (Fsp3) is 0.300. The van der Waals surface area contributed by atoms with Gasteiger partial charge in [-0.05, 0) is 25.1 Å². The van der Waals surface area contributed by atoms with E-state index < -0.39 is 22.0 Å². The number of hydrogen-bond donors (Lipinski definition) is 2. The third-order valence-electron chi connectivity index (χ3n) is 2.12. The number of ether oxygens (including phenoxy) is 1. The average molecular weight is 294 g/mol. The molecule has 8 heteroatoms. The lowest BCUT2D eigenvalue weighted by Gasteiger charge is -2.13. The van der Waals surface area contributed by atoms with Crippen LogP contribution in [0.2, 0.25) is 5.02 Å². The van der Waals surface area contributed by atoms with Crippen molar-refractivity contribution in [3.05, 3.63) is 23.2 Å². The van der Waals surface area contributed by atoms with E-state index in [-0.39, 0.29) is 15.7 Å². The van der Waals surface area contributed by atoms with E-state index >= 15 is 0 Å². The van der Waals surface area contributed by atoms with Gasteiger partial charge in [0, 0.05) is 5.02 Å². The Morgan fingerprint density at radius 1 is 1.50 bits per heavy atom. The van der Waals surface area contributed by atoms with E-state index in [2.05, 4.69) is 0 Å². The Bertz CT molecular complexity index is 557. The van der Waals surface area contributed by atoms with Crippen molar-refractivity contribution < 1.29 is 23.1 Å². The minimum Gasteiger partial charge on any atom is -0.495 e. The fourth-order valence-corrected chi connectivity index (χ4v) is 2.84. The summed E-state index contributed by atoms with van der Waals surface area (Å²) < 4.78 is 30.8. The predicted molar refractivity (Wildman–Crippen MR) is 65.4 cm³/mol. The summed E-state index contributed by atoms with van der Waals surface area (Å²) in [6.07, 6.45) is 0. The molecule has 100 valence electrons. The number of carboxylic acids is 1. The molecular formula is C10H12ClNO5S. The zero-order valence-corrected chi connectivity index (χ0v) is 11.2. The van der Waals surface area contributed by atoms with Crippen LogP contribution in [0.3, 0.4) is 0 Å². The molecule has 0 bridgehead atoms. The zero-order chi connectivity index (χ0) is 13.9. The maximum Gasteiger partial charge on any atom is 0.321 e. The molecule has 6 nitrogen and oxygen atoms in total. The number of sulfonamides is 1. The molecule has 0 amide bonds. The molecule has 18 heavy (non-hydrogen) atoms. The van der Waals surface area contributed by atoms with Crippen molar-refractivity contribution in [3.63, 3.8) is 0 Å². The van der Waals surface area contributed by atoms with Gasteiger partial charge in [-0.1, -0.05) is 11.6 Å². The maximum absolute atomic E-state index is 12.0. The van der Waals surface area contributed by atoms with Crippen LogP contribution in [0.1, 0.15) is 6.92 Å². The van der Waals surface area contributed by atoms with Gasteiger partial charge in [-0.2, -0.15) is 4.72 Å². The van der Waals surface area contributed by atoms with Crippen LogP contribution < -0.4 is 9.46 Å². The van der Waals surface area contributed by atoms with Crippen molar-refractivity contribution in [2.24, 2.45) is 0 Å². The monoisotopic (exact) mass is 293 g/mol. The molecule has 1 aromatic rings. The van der Waals surface area contributed by atoms with Gasteiger partial charge in [-0.15, -0.1) is 0 Å². The molecule has 0 aromatic heterocycles. The summed E-state index contributed by atoms with van der Waals surface area (Å²) in [4.78, 5) is 10.4. The Labute approximate surface area is 110 Å². The smallest absolute Gasteiger partial charge is 0.321 e. The number of nitrogens with one attached hydrogen (secondary N) is 1. The van der Waals surface area contributed by atoms with E-state index in [1.54, 1.807) is 0 Å².